The molecule has 1 atom stereocenters. The Morgan fingerprint density at radius 3 is 2.78 bits per heavy atom. The van der Waals surface area contributed by atoms with E-state index in [-0.39, 0.29) is 12.6 Å². The summed E-state index contributed by atoms with van der Waals surface area (Å²) in [5.74, 6) is 4.03. The lowest BCUT2D eigenvalue weighted by Crippen LogP contribution is -2.18. The van der Waals surface area contributed by atoms with Crippen LogP contribution in [0.3, 0.4) is 0 Å². The maximum Gasteiger partial charge on any atom is 0.148 e. The van der Waals surface area contributed by atoms with Gasteiger partial charge in [-0.05, 0) is 31.4 Å². The highest BCUT2D eigenvalue weighted by molar-refractivity contribution is 5.41. The van der Waals surface area contributed by atoms with Crippen LogP contribution in [0, 0.1) is 12.3 Å². The van der Waals surface area contributed by atoms with Crippen molar-refractivity contribution in [2.45, 2.75) is 32.7 Å². The molecule has 0 radical (unpaired) electrons. The number of hydrogen-bond donors (Lipinski definition) is 1. The largest absolute Gasteiger partial charge is 0.493 e. The van der Waals surface area contributed by atoms with Gasteiger partial charge in [0.05, 0.1) is 6.61 Å². The maximum absolute atomic E-state index is 5.81. The van der Waals surface area contributed by atoms with Gasteiger partial charge < -0.3 is 15.2 Å². The fourth-order valence-corrected chi connectivity index (χ4v) is 1.61. The summed E-state index contributed by atoms with van der Waals surface area (Å²) in [7, 11) is 0. The highest BCUT2D eigenvalue weighted by Crippen LogP contribution is 2.26. The summed E-state index contributed by atoms with van der Waals surface area (Å²) in [6, 6.07) is 5.89. The second-order valence-electron chi connectivity index (χ2n) is 4.29. The van der Waals surface area contributed by atoms with Gasteiger partial charge in [0, 0.05) is 12.1 Å². The fraction of sp³-hybridized carbons (Fsp3) is 0.467. The van der Waals surface area contributed by atoms with Crippen LogP contribution in [-0.2, 0) is 6.42 Å². The molecule has 0 aromatic heterocycles. The molecular formula is C15H21NO2. The zero-order chi connectivity index (χ0) is 13.4. The number of ether oxygens (including phenoxy) is 2. The third-order valence-electron chi connectivity index (χ3n) is 2.36. The second-order valence-corrected chi connectivity index (χ2v) is 4.29. The molecule has 2 N–H and O–H groups in total. The lowest BCUT2D eigenvalue weighted by atomic mass is 10.1. The lowest BCUT2D eigenvalue weighted by molar-refractivity contribution is 0.312. The van der Waals surface area contributed by atoms with E-state index in [1.54, 1.807) is 0 Å². The van der Waals surface area contributed by atoms with Crippen molar-refractivity contribution in [1.29, 1.82) is 0 Å². The summed E-state index contributed by atoms with van der Waals surface area (Å²) in [5, 5.41) is 0. The molecule has 0 bridgehead atoms. The van der Waals surface area contributed by atoms with Crippen LogP contribution in [0.2, 0.25) is 0 Å². The zero-order valence-electron chi connectivity index (χ0n) is 11.1. The quantitative estimate of drug-likeness (QED) is 0.752. The Balaban J connectivity index is 2.85. The first-order valence-corrected chi connectivity index (χ1v) is 6.25. The van der Waals surface area contributed by atoms with E-state index in [0.29, 0.717) is 6.61 Å². The minimum atomic E-state index is 0.0839. The molecule has 0 aliphatic heterocycles. The van der Waals surface area contributed by atoms with Gasteiger partial charge in [-0.25, -0.2) is 0 Å². The van der Waals surface area contributed by atoms with Crippen molar-refractivity contribution in [2.24, 2.45) is 5.73 Å². The average molecular weight is 247 g/mol. The van der Waals surface area contributed by atoms with Gasteiger partial charge in [0.1, 0.15) is 18.1 Å². The van der Waals surface area contributed by atoms with Crippen molar-refractivity contribution in [3.63, 3.8) is 0 Å². The molecule has 0 spiro atoms. The molecule has 18 heavy (non-hydrogen) atoms. The van der Waals surface area contributed by atoms with Crippen LogP contribution in [0.15, 0.2) is 18.2 Å². The molecule has 0 amide bonds. The molecule has 98 valence electrons. The van der Waals surface area contributed by atoms with Crippen LogP contribution >= 0.6 is 0 Å². The standard InChI is InChI=1S/C15H21NO2/c1-4-8-17-14-7-6-13(10-12(3)16)15(11-14)18-9-5-2/h2,6-7,11-12H,4,8-10,16H2,1,3H3. The van der Waals surface area contributed by atoms with Crippen molar-refractivity contribution in [1.82, 2.24) is 0 Å². The lowest BCUT2D eigenvalue weighted by Gasteiger charge is -2.14. The predicted octanol–water partition coefficient (Wildman–Crippen LogP) is 2.38. The van der Waals surface area contributed by atoms with E-state index in [1.165, 1.54) is 0 Å². The van der Waals surface area contributed by atoms with E-state index in [0.717, 1.165) is 29.9 Å². The third kappa shape index (κ3) is 4.68. The fourth-order valence-electron chi connectivity index (χ4n) is 1.61. The number of hydrogen-bond acceptors (Lipinski definition) is 3. The number of terminal acetylenes is 1. The van der Waals surface area contributed by atoms with Gasteiger partial charge in [0.15, 0.2) is 0 Å². The molecule has 3 nitrogen and oxygen atoms in total. The van der Waals surface area contributed by atoms with E-state index >= 15 is 0 Å². The minimum Gasteiger partial charge on any atom is -0.493 e. The van der Waals surface area contributed by atoms with E-state index in [9.17, 15) is 0 Å². The Hall–Kier alpha value is -1.66. The maximum atomic E-state index is 5.81. The van der Waals surface area contributed by atoms with E-state index in [2.05, 4.69) is 12.8 Å². The first-order valence-electron chi connectivity index (χ1n) is 6.25. The van der Waals surface area contributed by atoms with Crippen molar-refractivity contribution in [3.05, 3.63) is 23.8 Å². The first-order chi connectivity index (χ1) is 8.67. The van der Waals surface area contributed by atoms with Gasteiger partial charge >= 0.3 is 0 Å². The van der Waals surface area contributed by atoms with E-state index in [1.807, 2.05) is 25.1 Å². The highest BCUT2D eigenvalue weighted by atomic mass is 16.5. The van der Waals surface area contributed by atoms with Gasteiger partial charge in [-0.2, -0.15) is 0 Å². The molecule has 3 heteroatoms. The Labute approximate surface area is 109 Å². The van der Waals surface area contributed by atoms with E-state index < -0.39 is 0 Å². The third-order valence-corrected chi connectivity index (χ3v) is 2.36. The Morgan fingerprint density at radius 2 is 2.17 bits per heavy atom. The van der Waals surface area contributed by atoms with Crippen LogP contribution in [-0.4, -0.2) is 19.3 Å². The normalized spacial score (nSPS) is 11.7. The summed E-state index contributed by atoms with van der Waals surface area (Å²) < 4.78 is 11.1. The predicted molar refractivity (Wildman–Crippen MR) is 73.9 cm³/mol. The van der Waals surface area contributed by atoms with Crippen LogP contribution in [0.1, 0.15) is 25.8 Å². The first kappa shape index (κ1) is 14.4. The summed E-state index contributed by atoms with van der Waals surface area (Å²) in [6.07, 6.45) is 6.95. The zero-order valence-corrected chi connectivity index (χ0v) is 11.1. The second kappa shape index (κ2) is 7.62. The van der Waals surface area contributed by atoms with Gasteiger partial charge in [-0.3, -0.25) is 0 Å². The van der Waals surface area contributed by atoms with Crippen LogP contribution in [0.5, 0.6) is 11.5 Å². The number of benzene rings is 1. The molecule has 0 heterocycles. The van der Waals surface area contributed by atoms with Gasteiger partial charge in [-0.1, -0.05) is 18.9 Å². The summed E-state index contributed by atoms with van der Waals surface area (Å²) in [6.45, 7) is 4.98. The van der Waals surface area contributed by atoms with Crippen molar-refractivity contribution in [3.8, 4) is 23.8 Å². The summed E-state index contributed by atoms with van der Waals surface area (Å²) in [5.41, 5.74) is 6.87. The molecule has 1 unspecified atom stereocenters. The molecule has 0 fully saturated rings. The molecule has 1 rings (SSSR count). The topological polar surface area (TPSA) is 44.5 Å². The molecule has 0 aliphatic carbocycles. The summed E-state index contributed by atoms with van der Waals surface area (Å²) >= 11 is 0. The van der Waals surface area contributed by atoms with Crippen LogP contribution < -0.4 is 15.2 Å². The number of rotatable bonds is 7. The summed E-state index contributed by atoms with van der Waals surface area (Å²) in [4.78, 5) is 0. The average Bonchev–Trinajstić information content (AvgIpc) is 2.35. The molecule has 0 saturated heterocycles. The van der Waals surface area contributed by atoms with Gasteiger partial charge in [0.2, 0.25) is 0 Å². The molecule has 0 aliphatic rings. The highest BCUT2D eigenvalue weighted by Gasteiger charge is 2.08. The Morgan fingerprint density at radius 1 is 1.39 bits per heavy atom. The smallest absolute Gasteiger partial charge is 0.148 e. The minimum absolute atomic E-state index is 0.0839. The van der Waals surface area contributed by atoms with Crippen molar-refractivity contribution in [2.75, 3.05) is 13.2 Å². The molecule has 1 aromatic rings. The van der Waals surface area contributed by atoms with Crippen molar-refractivity contribution < 1.29 is 9.47 Å². The van der Waals surface area contributed by atoms with Gasteiger partial charge in [-0.15, -0.1) is 6.42 Å². The SMILES string of the molecule is C#CCOc1cc(OCCC)ccc1CC(C)N. The Kier molecular flexibility index (Phi) is 6.10. The Bertz CT molecular complexity index is 407. The molecule has 0 saturated carbocycles. The molecule has 1 aromatic carbocycles. The van der Waals surface area contributed by atoms with Crippen molar-refractivity contribution >= 4 is 0 Å². The van der Waals surface area contributed by atoms with E-state index in [4.69, 9.17) is 21.6 Å². The number of nitrogens with two attached hydrogens (primary N) is 1. The monoisotopic (exact) mass is 247 g/mol. The molecular weight excluding hydrogens is 226 g/mol. The van der Waals surface area contributed by atoms with Crippen LogP contribution in [0.4, 0.5) is 0 Å². The van der Waals surface area contributed by atoms with Gasteiger partial charge in [0.25, 0.3) is 0 Å². The van der Waals surface area contributed by atoms with Crippen LogP contribution in [0.25, 0.3) is 0 Å².